The van der Waals surface area contributed by atoms with Crippen LogP contribution in [-0.4, -0.2) is 36.7 Å². The minimum absolute atomic E-state index is 0.0164. The molecule has 4 aliphatic rings. The van der Waals surface area contributed by atoms with Crippen molar-refractivity contribution in [1.82, 2.24) is 10.2 Å². The summed E-state index contributed by atoms with van der Waals surface area (Å²) in [4.78, 5) is 15.0. The molecule has 146 valence electrons. The van der Waals surface area contributed by atoms with Gasteiger partial charge in [-0.1, -0.05) is 35.9 Å². The third-order valence-corrected chi connectivity index (χ3v) is 6.76. The Morgan fingerprint density at radius 3 is 2.64 bits per heavy atom. The molecule has 28 heavy (non-hydrogen) atoms. The Bertz CT molecular complexity index is 892. The molecule has 3 fully saturated rings. The van der Waals surface area contributed by atoms with E-state index in [2.05, 4.69) is 34.5 Å². The molecule has 2 atom stereocenters. The largest absolute Gasteiger partial charge is 0.445 e. The number of alkyl carbamates (subject to hydrolysis) is 1. The average molecular weight is 397 g/mol. The smallest absolute Gasteiger partial charge is 0.407 e. The van der Waals surface area contributed by atoms with Gasteiger partial charge in [0.1, 0.15) is 6.10 Å². The summed E-state index contributed by atoms with van der Waals surface area (Å²) in [6.07, 6.45) is 3.96. The summed E-state index contributed by atoms with van der Waals surface area (Å²) in [6, 6.07) is 14.4. The molecular formula is C23H25ClN2O2. The fraction of sp³-hybridized carbons (Fsp3) is 0.435. The topological polar surface area (TPSA) is 41.6 Å². The predicted octanol–water partition coefficient (Wildman–Crippen LogP) is 4.81. The van der Waals surface area contributed by atoms with Gasteiger partial charge in [-0.15, -0.1) is 0 Å². The number of benzene rings is 2. The van der Waals surface area contributed by atoms with Gasteiger partial charge in [-0.3, -0.25) is 4.90 Å². The Labute approximate surface area is 170 Å². The van der Waals surface area contributed by atoms with Crippen molar-refractivity contribution in [3.63, 3.8) is 0 Å². The summed E-state index contributed by atoms with van der Waals surface area (Å²) in [7, 11) is 0. The van der Waals surface area contributed by atoms with E-state index in [1.165, 1.54) is 11.1 Å². The molecule has 3 saturated heterocycles. The van der Waals surface area contributed by atoms with Gasteiger partial charge in [-0.05, 0) is 85.1 Å². The van der Waals surface area contributed by atoms with Crippen molar-refractivity contribution < 1.29 is 9.53 Å². The van der Waals surface area contributed by atoms with E-state index in [0.717, 1.165) is 61.5 Å². The lowest BCUT2D eigenvalue weighted by Gasteiger charge is -2.43. The number of ether oxygens (including phenoxy) is 1. The summed E-state index contributed by atoms with van der Waals surface area (Å²) in [5.41, 5.74) is 4.72. The lowest BCUT2D eigenvalue weighted by molar-refractivity contribution is -0.0339. The van der Waals surface area contributed by atoms with E-state index in [1.807, 2.05) is 18.2 Å². The molecule has 0 saturated carbocycles. The molecule has 4 nitrogen and oxygen atoms in total. The SMILES string of the molecule is O=C(NC1CCc2ccc(-c3cccc(Cl)c3)cc21)O[C@H]1CN2CCC1CC2. The van der Waals surface area contributed by atoms with Crippen LogP contribution in [0.5, 0.6) is 0 Å². The molecule has 2 aromatic rings. The Balaban J connectivity index is 1.29. The van der Waals surface area contributed by atoms with Crippen molar-refractivity contribution >= 4 is 17.7 Å². The average Bonchev–Trinajstić information content (AvgIpc) is 3.11. The van der Waals surface area contributed by atoms with Gasteiger partial charge in [-0.2, -0.15) is 0 Å². The minimum atomic E-state index is -0.273. The van der Waals surface area contributed by atoms with E-state index in [4.69, 9.17) is 16.3 Å². The van der Waals surface area contributed by atoms with Crippen LogP contribution in [0.4, 0.5) is 4.79 Å². The maximum Gasteiger partial charge on any atom is 0.407 e. The number of amides is 1. The molecule has 1 N–H and O–H groups in total. The molecular weight excluding hydrogens is 372 g/mol. The van der Waals surface area contributed by atoms with E-state index in [-0.39, 0.29) is 18.2 Å². The molecule has 2 bridgehead atoms. The van der Waals surface area contributed by atoms with Gasteiger partial charge in [0.15, 0.2) is 0 Å². The summed E-state index contributed by atoms with van der Waals surface area (Å²) in [5.74, 6) is 0.529. The zero-order chi connectivity index (χ0) is 19.1. The quantitative estimate of drug-likeness (QED) is 0.809. The minimum Gasteiger partial charge on any atom is -0.445 e. The summed E-state index contributed by atoms with van der Waals surface area (Å²) in [5, 5.41) is 3.86. The number of carbonyl (C=O) groups excluding carboxylic acids is 1. The van der Waals surface area contributed by atoms with Gasteiger partial charge in [0, 0.05) is 11.6 Å². The van der Waals surface area contributed by atoms with E-state index < -0.39 is 0 Å². The Hall–Kier alpha value is -2.04. The van der Waals surface area contributed by atoms with Crippen LogP contribution in [0.3, 0.4) is 0 Å². The second-order valence-corrected chi connectivity index (χ2v) is 8.68. The molecule has 0 spiro atoms. The molecule has 2 aromatic carbocycles. The van der Waals surface area contributed by atoms with Crippen LogP contribution in [0.25, 0.3) is 11.1 Å². The number of nitrogens with zero attached hydrogens (tertiary/aromatic N) is 1. The molecule has 3 aliphatic heterocycles. The lowest BCUT2D eigenvalue weighted by atomic mass is 9.86. The molecule has 1 aliphatic carbocycles. The number of aryl methyl sites for hydroxylation is 1. The number of hydrogen-bond donors (Lipinski definition) is 1. The Kier molecular flexibility index (Phi) is 4.77. The van der Waals surface area contributed by atoms with Crippen molar-refractivity contribution in [1.29, 1.82) is 0 Å². The van der Waals surface area contributed by atoms with Crippen LogP contribution in [0.2, 0.25) is 5.02 Å². The van der Waals surface area contributed by atoms with Gasteiger partial charge < -0.3 is 10.1 Å². The van der Waals surface area contributed by atoms with Crippen molar-refractivity contribution in [3.05, 3.63) is 58.6 Å². The van der Waals surface area contributed by atoms with E-state index >= 15 is 0 Å². The molecule has 6 rings (SSSR count). The first kappa shape index (κ1) is 18.0. The van der Waals surface area contributed by atoms with Crippen LogP contribution in [0, 0.1) is 5.92 Å². The highest BCUT2D eigenvalue weighted by atomic mass is 35.5. The molecule has 1 unspecified atom stereocenters. The third kappa shape index (κ3) is 3.51. The van der Waals surface area contributed by atoms with Gasteiger partial charge in [0.2, 0.25) is 0 Å². The van der Waals surface area contributed by atoms with Crippen LogP contribution in [0.15, 0.2) is 42.5 Å². The predicted molar refractivity (Wildman–Crippen MR) is 111 cm³/mol. The molecule has 5 heteroatoms. The van der Waals surface area contributed by atoms with Gasteiger partial charge in [0.05, 0.1) is 6.04 Å². The van der Waals surface area contributed by atoms with Crippen molar-refractivity contribution in [2.24, 2.45) is 5.92 Å². The highest BCUT2D eigenvalue weighted by molar-refractivity contribution is 6.30. The number of rotatable bonds is 3. The fourth-order valence-corrected chi connectivity index (χ4v) is 5.15. The zero-order valence-corrected chi connectivity index (χ0v) is 16.6. The monoisotopic (exact) mass is 396 g/mol. The first-order valence-corrected chi connectivity index (χ1v) is 10.6. The number of carbonyl (C=O) groups is 1. The maximum absolute atomic E-state index is 12.6. The Morgan fingerprint density at radius 1 is 1.07 bits per heavy atom. The summed E-state index contributed by atoms with van der Waals surface area (Å²) >= 11 is 6.15. The highest BCUT2D eigenvalue weighted by Crippen LogP contribution is 2.35. The van der Waals surface area contributed by atoms with Crippen molar-refractivity contribution in [3.8, 4) is 11.1 Å². The lowest BCUT2D eigenvalue weighted by Crippen LogP contribution is -2.52. The first-order valence-electron chi connectivity index (χ1n) is 10.2. The third-order valence-electron chi connectivity index (χ3n) is 6.53. The fourth-order valence-electron chi connectivity index (χ4n) is 4.96. The van der Waals surface area contributed by atoms with E-state index in [9.17, 15) is 4.79 Å². The van der Waals surface area contributed by atoms with Gasteiger partial charge >= 0.3 is 6.09 Å². The van der Waals surface area contributed by atoms with Crippen molar-refractivity contribution in [2.45, 2.75) is 37.8 Å². The van der Waals surface area contributed by atoms with E-state index in [0.29, 0.717) is 5.92 Å². The van der Waals surface area contributed by atoms with Gasteiger partial charge in [0.25, 0.3) is 0 Å². The zero-order valence-electron chi connectivity index (χ0n) is 15.9. The molecule has 1 amide bonds. The van der Waals surface area contributed by atoms with Crippen LogP contribution in [-0.2, 0) is 11.2 Å². The van der Waals surface area contributed by atoms with Crippen LogP contribution in [0.1, 0.15) is 36.4 Å². The van der Waals surface area contributed by atoms with Crippen molar-refractivity contribution in [2.75, 3.05) is 19.6 Å². The van der Waals surface area contributed by atoms with Gasteiger partial charge in [-0.25, -0.2) is 4.79 Å². The Morgan fingerprint density at radius 2 is 1.89 bits per heavy atom. The normalized spacial score (nSPS) is 28.0. The number of nitrogens with one attached hydrogen (secondary N) is 1. The summed E-state index contributed by atoms with van der Waals surface area (Å²) in [6.45, 7) is 3.18. The summed E-state index contributed by atoms with van der Waals surface area (Å²) < 4.78 is 5.82. The molecule has 3 heterocycles. The van der Waals surface area contributed by atoms with Crippen LogP contribution < -0.4 is 5.32 Å². The number of fused-ring (bicyclic) bond motifs is 4. The number of piperidine rings is 3. The number of halogens is 1. The first-order chi connectivity index (χ1) is 13.7. The number of hydrogen-bond acceptors (Lipinski definition) is 3. The highest BCUT2D eigenvalue weighted by Gasteiger charge is 2.37. The van der Waals surface area contributed by atoms with E-state index in [1.54, 1.807) is 0 Å². The standard InChI is InChI=1S/C23H25ClN2O2/c24-19-3-1-2-17(12-19)18-5-4-15-6-7-21(20(15)13-18)25-23(27)28-22-14-26-10-8-16(22)9-11-26/h1-5,12-13,16,21-22H,6-11,14H2,(H,25,27)/t21?,22-/m0/s1. The molecule has 0 aromatic heterocycles. The molecule has 0 radical (unpaired) electrons. The maximum atomic E-state index is 12.6. The second-order valence-electron chi connectivity index (χ2n) is 8.24. The van der Waals surface area contributed by atoms with Crippen LogP contribution >= 0.6 is 11.6 Å². The second kappa shape index (κ2) is 7.41.